The third kappa shape index (κ3) is 4.34. The third-order valence-corrected chi connectivity index (χ3v) is 4.78. The van der Waals surface area contributed by atoms with Crippen LogP contribution in [0.1, 0.15) is 70.9 Å². The van der Waals surface area contributed by atoms with Gasteiger partial charge in [0.15, 0.2) is 0 Å². The minimum absolute atomic E-state index is 0.504. The summed E-state index contributed by atoms with van der Waals surface area (Å²) in [4.78, 5) is 0. The van der Waals surface area contributed by atoms with Gasteiger partial charge >= 0.3 is 0 Å². The SMILES string of the molecule is CCCC1CCC(NC(c2ccccc2)C(C)C)CC1. The first-order valence-corrected chi connectivity index (χ1v) is 8.51. The summed E-state index contributed by atoms with van der Waals surface area (Å²) < 4.78 is 0. The predicted molar refractivity (Wildman–Crippen MR) is 87.8 cm³/mol. The van der Waals surface area contributed by atoms with E-state index in [2.05, 4.69) is 56.4 Å². The van der Waals surface area contributed by atoms with Crippen LogP contribution in [-0.4, -0.2) is 6.04 Å². The van der Waals surface area contributed by atoms with E-state index in [1.165, 1.54) is 44.1 Å². The summed E-state index contributed by atoms with van der Waals surface area (Å²) in [6.07, 6.45) is 8.35. The normalized spacial score (nSPS) is 24.8. The lowest BCUT2D eigenvalue weighted by atomic mass is 9.82. The molecule has 0 bridgehead atoms. The molecule has 1 atom stereocenters. The Morgan fingerprint density at radius 3 is 2.25 bits per heavy atom. The van der Waals surface area contributed by atoms with E-state index in [9.17, 15) is 0 Å². The number of rotatable bonds is 6. The van der Waals surface area contributed by atoms with Gasteiger partial charge in [-0.05, 0) is 43.1 Å². The van der Waals surface area contributed by atoms with Crippen molar-refractivity contribution in [2.45, 2.75) is 71.4 Å². The van der Waals surface area contributed by atoms with Crippen molar-refractivity contribution in [3.8, 4) is 0 Å². The van der Waals surface area contributed by atoms with Crippen molar-refractivity contribution in [1.82, 2.24) is 5.32 Å². The van der Waals surface area contributed by atoms with Gasteiger partial charge in [-0.3, -0.25) is 0 Å². The maximum absolute atomic E-state index is 3.93. The summed E-state index contributed by atoms with van der Waals surface area (Å²) in [5.41, 5.74) is 1.44. The average Bonchev–Trinajstić information content (AvgIpc) is 2.47. The molecule has 0 aromatic heterocycles. The molecule has 112 valence electrons. The van der Waals surface area contributed by atoms with E-state index < -0.39 is 0 Å². The van der Waals surface area contributed by atoms with Crippen LogP contribution in [0.15, 0.2) is 30.3 Å². The molecule has 0 spiro atoms. The van der Waals surface area contributed by atoms with Gasteiger partial charge in [-0.2, -0.15) is 0 Å². The first-order chi connectivity index (χ1) is 9.70. The lowest BCUT2D eigenvalue weighted by Gasteiger charge is -2.34. The fourth-order valence-corrected chi connectivity index (χ4v) is 3.61. The smallest absolute Gasteiger partial charge is 0.0345 e. The summed E-state index contributed by atoms with van der Waals surface area (Å²) in [7, 11) is 0. The quantitative estimate of drug-likeness (QED) is 0.738. The van der Waals surface area contributed by atoms with Crippen molar-refractivity contribution in [3.05, 3.63) is 35.9 Å². The molecule has 0 saturated heterocycles. The zero-order valence-corrected chi connectivity index (χ0v) is 13.4. The number of benzene rings is 1. The molecule has 1 N–H and O–H groups in total. The molecule has 1 unspecified atom stereocenters. The van der Waals surface area contributed by atoms with Crippen LogP contribution in [0.3, 0.4) is 0 Å². The van der Waals surface area contributed by atoms with Crippen LogP contribution < -0.4 is 5.32 Å². The molecule has 0 radical (unpaired) electrons. The molecule has 1 aliphatic carbocycles. The lowest BCUT2D eigenvalue weighted by molar-refractivity contribution is 0.246. The molecular formula is C19H31N. The predicted octanol–water partition coefficient (Wildman–Crippen LogP) is 5.33. The van der Waals surface area contributed by atoms with Crippen LogP contribution in [0.25, 0.3) is 0 Å². The number of hydrogen-bond acceptors (Lipinski definition) is 1. The summed E-state index contributed by atoms with van der Waals surface area (Å²) >= 11 is 0. The van der Waals surface area contributed by atoms with Crippen molar-refractivity contribution in [1.29, 1.82) is 0 Å². The van der Waals surface area contributed by atoms with Gasteiger partial charge in [0.25, 0.3) is 0 Å². The summed E-state index contributed by atoms with van der Waals surface area (Å²) in [6, 6.07) is 12.2. The van der Waals surface area contributed by atoms with Crippen molar-refractivity contribution in [3.63, 3.8) is 0 Å². The van der Waals surface area contributed by atoms with E-state index in [-0.39, 0.29) is 0 Å². The first kappa shape index (κ1) is 15.6. The Labute approximate surface area is 125 Å². The zero-order chi connectivity index (χ0) is 14.4. The number of nitrogens with one attached hydrogen (secondary N) is 1. The van der Waals surface area contributed by atoms with Gasteiger partial charge in [-0.1, -0.05) is 63.9 Å². The molecule has 0 aliphatic heterocycles. The standard InChI is InChI=1S/C19H31N/c1-4-8-16-11-13-18(14-12-16)20-19(15(2)3)17-9-6-5-7-10-17/h5-7,9-10,15-16,18-20H,4,8,11-14H2,1-3H3. The topological polar surface area (TPSA) is 12.0 Å². The number of hydrogen-bond donors (Lipinski definition) is 1. The van der Waals surface area contributed by atoms with Gasteiger partial charge in [0.1, 0.15) is 0 Å². The second-order valence-electron chi connectivity index (χ2n) is 6.81. The minimum atomic E-state index is 0.504. The van der Waals surface area contributed by atoms with Crippen molar-refractivity contribution >= 4 is 0 Å². The molecule has 1 saturated carbocycles. The molecule has 1 fully saturated rings. The van der Waals surface area contributed by atoms with Crippen molar-refractivity contribution in [2.75, 3.05) is 0 Å². The maximum atomic E-state index is 3.93. The van der Waals surface area contributed by atoms with Crippen LogP contribution >= 0.6 is 0 Å². The van der Waals surface area contributed by atoms with Crippen molar-refractivity contribution < 1.29 is 0 Å². The van der Waals surface area contributed by atoms with Crippen LogP contribution in [0.4, 0.5) is 0 Å². The third-order valence-electron chi connectivity index (χ3n) is 4.78. The molecular weight excluding hydrogens is 242 g/mol. The fraction of sp³-hybridized carbons (Fsp3) is 0.684. The van der Waals surface area contributed by atoms with Gasteiger partial charge in [0, 0.05) is 12.1 Å². The Hall–Kier alpha value is -0.820. The van der Waals surface area contributed by atoms with Gasteiger partial charge in [0.05, 0.1) is 0 Å². The van der Waals surface area contributed by atoms with Crippen LogP contribution in [0.5, 0.6) is 0 Å². The van der Waals surface area contributed by atoms with Gasteiger partial charge in [-0.25, -0.2) is 0 Å². The molecule has 1 aromatic rings. The summed E-state index contributed by atoms with van der Waals surface area (Å²) in [5.74, 6) is 1.64. The molecule has 1 aromatic carbocycles. The van der Waals surface area contributed by atoms with E-state index >= 15 is 0 Å². The van der Waals surface area contributed by atoms with Crippen LogP contribution in [0.2, 0.25) is 0 Å². The Balaban J connectivity index is 1.90. The van der Waals surface area contributed by atoms with E-state index in [4.69, 9.17) is 0 Å². The van der Waals surface area contributed by atoms with Gasteiger partial charge in [0.2, 0.25) is 0 Å². The lowest BCUT2D eigenvalue weighted by Crippen LogP contribution is -2.38. The van der Waals surface area contributed by atoms with Crippen LogP contribution in [-0.2, 0) is 0 Å². The molecule has 2 rings (SSSR count). The van der Waals surface area contributed by atoms with E-state index in [1.807, 2.05) is 0 Å². The molecule has 1 aliphatic rings. The highest BCUT2D eigenvalue weighted by atomic mass is 15.0. The Morgan fingerprint density at radius 1 is 1.05 bits per heavy atom. The van der Waals surface area contributed by atoms with Gasteiger partial charge in [-0.15, -0.1) is 0 Å². The molecule has 1 nitrogen and oxygen atoms in total. The van der Waals surface area contributed by atoms with Crippen LogP contribution in [0, 0.1) is 11.8 Å². The van der Waals surface area contributed by atoms with E-state index in [1.54, 1.807) is 0 Å². The molecule has 0 amide bonds. The van der Waals surface area contributed by atoms with Crippen molar-refractivity contribution in [2.24, 2.45) is 11.8 Å². The minimum Gasteiger partial charge on any atom is -0.307 e. The second-order valence-corrected chi connectivity index (χ2v) is 6.81. The molecule has 1 heteroatoms. The van der Waals surface area contributed by atoms with E-state index in [0.717, 1.165) is 12.0 Å². The molecule has 20 heavy (non-hydrogen) atoms. The summed E-state index contributed by atoms with van der Waals surface area (Å²) in [6.45, 7) is 6.97. The zero-order valence-electron chi connectivity index (χ0n) is 13.4. The second kappa shape index (κ2) is 7.83. The maximum Gasteiger partial charge on any atom is 0.0345 e. The Morgan fingerprint density at radius 2 is 1.70 bits per heavy atom. The van der Waals surface area contributed by atoms with Gasteiger partial charge < -0.3 is 5.32 Å². The largest absolute Gasteiger partial charge is 0.307 e. The average molecular weight is 273 g/mol. The van der Waals surface area contributed by atoms with E-state index in [0.29, 0.717) is 12.0 Å². The fourth-order valence-electron chi connectivity index (χ4n) is 3.61. The molecule has 0 heterocycles. The highest BCUT2D eigenvalue weighted by molar-refractivity contribution is 5.19. The summed E-state index contributed by atoms with van der Waals surface area (Å²) in [5, 5.41) is 3.93. The Kier molecular flexibility index (Phi) is 6.09. The monoisotopic (exact) mass is 273 g/mol. The highest BCUT2D eigenvalue weighted by Crippen LogP contribution is 2.30. The highest BCUT2D eigenvalue weighted by Gasteiger charge is 2.24. The first-order valence-electron chi connectivity index (χ1n) is 8.51. The Bertz CT molecular complexity index is 363.